The molecule has 0 radical (unpaired) electrons. The van der Waals surface area contributed by atoms with Gasteiger partial charge >= 0.3 is 6.01 Å². The van der Waals surface area contributed by atoms with E-state index in [1.165, 1.54) is 16.7 Å². The molecule has 1 aromatic heterocycles. The van der Waals surface area contributed by atoms with E-state index in [2.05, 4.69) is 27.6 Å². The molecule has 140 valence electrons. The maximum Gasteiger partial charge on any atom is 0.322 e. The van der Waals surface area contributed by atoms with E-state index in [9.17, 15) is 4.79 Å². The van der Waals surface area contributed by atoms with Crippen molar-refractivity contribution in [3.8, 4) is 5.75 Å². The molecule has 2 aromatic carbocycles. The Balaban J connectivity index is 1.49. The second kappa shape index (κ2) is 9.48. The Hall–Kier alpha value is -2.45. The number of thioether (sulfide) groups is 2. The van der Waals surface area contributed by atoms with Crippen molar-refractivity contribution in [1.82, 2.24) is 10.2 Å². The molecule has 0 aliphatic rings. The molecule has 1 heterocycles. The third-order valence-electron chi connectivity index (χ3n) is 3.66. The van der Waals surface area contributed by atoms with Crippen LogP contribution >= 0.6 is 23.5 Å². The van der Waals surface area contributed by atoms with Crippen LogP contribution in [0, 0.1) is 0 Å². The fourth-order valence-corrected chi connectivity index (χ4v) is 3.38. The first kappa shape index (κ1) is 19.3. The van der Waals surface area contributed by atoms with Gasteiger partial charge in [0.1, 0.15) is 5.75 Å². The van der Waals surface area contributed by atoms with Gasteiger partial charge in [-0.15, -0.1) is 28.6 Å². The van der Waals surface area contributed by atoms with Crippen molar-refractivity contribution in [1.29, 1.82) is 0 Å². The number of hydrogen-bond acceptors (Lipinski definition) is 7. The summed E-state index contributed by atoms with van der Waals surface area (Å²) in [5.74, 6) is 1.30. The topological polar surface area (TPSA) is 77.2 Å². The lowest BCUT2D eigenvalue weighted by atomic mass is 10.1. The summed E-state index contributed by atoms with van der Waals surface area (Å²) in [5, 5.41) is 10.5. The monoisotopic (exact) mass is 401 g/mol. The zero-order valence-electron chi connectivity index (χ0n) is 15.0. The van der Waals surface area contributed by atoms with E-state index < -0.39 is 0 Å². The van der Waals surface area contributed by atoms with Crippen molar-refractivity contribution in [2.24, 2.45) is 0 Å². The highest BCUT2D eigenvalue weighted by atomic mass is 32.2. The van der Waals surface area contributed by atoms with Gasteiger partial charge < -0.3 is 9.15 Å². The summed E-state index contributed by atoms with van der Waals surface area (Å²) in [4.78, 5) is 14.2. The molecule has 6 nitrogen and oxygen atoms in total. The minimum absolute atomic E-state index is 0.117. The number of benzene rings is 2. The van der Waals surface area contributed by atoms with Crippen LogP contribution in [-0.2, 0) is 11.2 Å². The second-order valence-corrected chi connectivity index (χ2v) is 7.47. The van der Waals surface area contributed by atoms with E-state index in [0.717, 1.165) is 16.2 Å². The fraction of sp³-hybridized carbons (Fsp3) is 0.211. The predicted molar refractivity (Wildman–Crippen MR) is 108 cm³/mol. The first-order valence-electron chi connectivity index (χ1n) is 8.18. The highest BCUT2D eigenvalue weighted by Crippen LogP contribution is 2.21. The minimum Gasteiger partial charge on any atom is -0.497 e. The van der Waals surface area contributed by atoms with Crippen molar-refractivity contribution in [3.63, 3.8) is 0 Å². The van der Waals surface area contributed by atoms with Gasteiger partial charge in [-0.2, -0.15) is 0 Å². The summed E-state index contributed by atoms with van der Waals surface area (Å²) in [6.07, 6.45) is 2.56. The van der Waals surface area contributed by atoms with Crippen LogP contribution in [0.4, 0.5) is 6.01 Å². The van der Waals surface area contributed by atoms with E-state index in [-0.39, 0.29) is 17.7 Å². The molecule has 3 rings (SSSR count). The molecular formula is C19H19N3O3S2. The summed E-state index contributed by atoms with van der Waals surface area (Å²) in [6.45, 7) is 0. The van der Waals surface area contributed by atoms with Crippen molar-refractivity contribution in [2.75, 3.05) is 24.4 Å². The molecule has 3 aromatic rings. The summed E-state index contributed by atoms with van der Waals surface area (Å²) in [5.41, 5.74) is 1.07. The van der Waals surface area contributed by atoms with Gasteiger partial charge in [0.25, 0.3) is 0 Å². The Morgan fingerprint density at radius 1 is 1.07 bits per heavy atom. The van der Waals surface area contributed by atoms with Crippen LogP contribution in [-0.4, -0.2) is 35.2 Å². The summed E-state index contributed by atoms with van der Waals surface area (Å²) >= 11 is 3.11. The van der Waals surface area contributed by atoms with Crippen LogP contribution < -0.4 is 10.1 Å². The number of ether oxygens (including phenoxy) is 1. The van der Waals surface area contributed by atoms with Gasteiger partial charge in [0.15, 0.2) is 0 Å². The number of amides is 1. The highest BCUT2D eigenvalue weighted by molar-refractivity contribution is 8.00. The minimum atomic E-state index is -0.199. The summed E-state index contributed by atoms with van der Waals surface area (Å²) < 4.78 is 10.6. The number of nitrogens with zero attached hydrogens (tertiary/aromatic N) is 2. The lowest BCUT2D eigenvalue weighted by Gasteiger charge is -2.03. The molecule has 0 spiro atoms. The van der Waals surface area contributed by atoms with Gasteiger partial charge in [0.05, 0.1) is 19.3 Å². The largest absolute Gasteiger partial charge is 0.497 e. The zero-order valence-corrected chi connectivity index (χ0v) is 16.6. The van der Waals surface area contributed by atoms with Crippen LogP contribution in [0.15, 0.2) is 62.7 Å². The zero-order chi connectivity index (χ0) is 19.1. The molecule has 1 N–H and O–H groups in total. The Kier molecular flexibility index (Phi) is 6.78. The molecule has 27 heavy (non-hydrogen) atoms. The molecule has 0 saturated carbocycles. The number of anilines is 1. The van der Waals surface area contributed by atoms with E-state index in [1.807, 2.05) is 42.7 Å². The standard InChI is InChI=1S/C19H19N3O3S2/c1-24-14-5-9-16(10-6-14)27-12-17(23)20-19-22-21-18(25-19)11-13-3-7-15(26-2)8-4-13/h3-10H,11-12H2,1-2H3,(H,20,22,23). The highest BCUT2D eigenvalue weighted by Gasteiger charge is 2.11. The predicted octanol–water partition coefficient (Wildman–Crippen LogP) is 4.12. The van der Waals surface area contributed by atoms with E-state index >= 15 is 0 Å². The van der Waals surface area contributed by atoms with Gasteiger partial charge in [-0.05, 0) is 48.2 Å². The maximum absolute atomic E-state index is 12.1. The Bertz CT molecular complexity index is 880. The van der Waals surface area contributed by atoms with Gasteiger partial charge in [-0.25, -0.2) is 0 Å². The molecule has 8 heteroatoms. The lowest BCUT2D eigenvalue weighted by molar-refractivity contribution is -0.113. The molecule has 0 aliphatic carbocycles. The molecule has 0 aliphatic heterocycles. The Morgan fingerprint density at radius 2 is 1.78 bits per heavy atom. The molecule has 0 bridgehead atoms. The number of methoxy groups -OCH3 is 1. The van der Waals surface area contributed by atoms with Crippen LogP contribution in [0.3, 0.4) is 0 Å². The van der Waals surface area contributed by atoms with Gasteiger partial charge in [0, 0.05) is 9.79 Å². The number of carbonyl (C=O) groups excluding carboxylic acids is 1. The SMILES string of the molecule is COc1ccc(SCC(=O)Nc2nnc(Cc3ccc(SC)cc3)o2)cc1. The normalized spacial score (nSPS) is 10.6. The first-order valence-corrected chi connectivity index (χ1v) is 10.4. The number of rotatable bonds is 8. The average molecular weight is 402 g/mol. The average Bonchev–Trinajstić information content (AvgIpc) is 3.14. The second-order valence-electron chi connectivity index (χ2n) is 5.54. The molecule has 1 amide bonds. The first-order chi connectivity index (χ1) is 13.2. The quantitative estimate of drug-likeness (QED) is 0.569. The molecule has 0 saturated heterocycles. The lowest BCUT2D eigenvalue weighted by Crippen LogP contribution is -2.14. The van der Waals surface area contributed by atoms with Gasteiger partial charge in [-0.3, -0.25) is 10.1 Å². The molecule has 0 unspecified atom stereocenters. The third kappa shape index (κ3) is 5.77. The number of hydrogen-bond donors (Lipinski definition) is 1. The number of carbonyl (C=O) groups is 1. The fourth-order valence-electron chi connectivity index (χ4n) is 2.27. The molecule has 0 atom stereocenters. The van der Waals surface area contributed by atoms with Gasteiger partial charge in [-0.1, -0.05) is 17.2 Å². The van der Waals surface area contributed by atoms with Crippen LogP contribution in [0.5, 0.6) is 5.75 Å². The van der Waals surface area contributed by atoms with Crippen LogP contribution in [0.25, 0.3) is 0 Å². The maximum atomic E-state index is 12.1. The molecular weight excluding hydrogens is 382 g/mol. The summed E-state index contributed by atoms with van der Waals surface area (Å²) in [6, 6.07) is 15.8. The van der Waals surface area contributed by atoms with Crippen molar-refractivity contribution >= 4 is 35.4 Å². The third-order valence-corrected chi connectivity index (χ3v) is 5.41. The van der Waals surface area contributed by atoms with Crippen LogP contribution in [0.2, 0.25) is 0 Å². The molecule has 0 fully saturated rings. The number of nitrogens with one attached hydrogen (secondary N) is 1. The van der Waals surface area contributed by atoms with E-state index in [1.54, 1.807) is 18.9 Å². The van der Waals surface area contributed by atoms with E-state index in [0.29, 0.717) is 12.3 Å². The Labute approximate surface area is 166 Å². The van der Waals surface area contributed by atoms with Crippen molar-refractivity contribution in [3.05, 3.63) is 60.0 Å². The number of aromatic nitrogens is 2. The van der Waals surface area contributed by atoms with Crippen LogP contribution in [0.1, 0.15) is 11.5 Å². The summed E-state index contributed by atoms with van der Waals surface area (Å²) in [7, 11) is 1.62. The smallest absolute Gasteiger partial charge is 0.322 e. The van der Waals surface area contributed by atoms with Gasteiger partial charge in [0.2, 0.25) is 11.8 Å². The van der Waals surface area contributed by atoms with E-state index in [4.69, 9.17) is 9.15 Å². The Morgan fingerprint density at radius 3 is 2.44 bits per heavy atom. The van der Waals surface area contributed by atoms with Crippen molar-refractivity contribution < 1.29 is 13.9 Å². The van der Waals surface area contributed by atoms with Crippen molar-refractivity contribution in [2.45, 2.75) is 16.2 Å².